The Morgan fingerprint density at radius 2 is 2.15 bits per heavy atom. The molecule has 0 aromatic heterocycles. The molecule has 0 aliphatic carbocycles. The van der Waals surface area contributed by atoms with Crippen LogP contribution in [0.1, 0.15) is 39.2 Å². The van der Waals surface area contributed by atoms with Crippen LogP contribution in [0.4, 0.5) is 5.69 Å². The van der Waals surface area contributed by atoms with E-state index in [1.54, 1.807) is 0 Å². The summed E-state index contributed by atoms with van der Waals surface area (Å²) in [4.78, 5) is 2.45. The van der Waals surface area contributed by atoms with Crippen molar-refractivity contribution < 1.29 is 0 Å². The molecule has 1 aliphatic rings. The minimum absolute atomic E-state index is 0.476. The van der Waals surface area contributed by atoms with E-state index < -0.39 is 0 Å². The molecule has 20 heavy (non-hydrogen) atoms. The van der Waals surface area contributed by atoms with Gasteiger partial charge in [-0.25, -0.2) is 0 Å². The predicted octanol–water partition coefficient (Wildman–Crippen LogP) is 3.98. The van der Waals surface area contributed by atoms with Crippen LogP contribution in [0.2, 0.25) is 0 Å². The van der Waals surface area contributed by atoms with Crippen molar-refractivity contribution in [3.05, 3.63) is 42.1 Å². The molecule has 0 amide bonds. The number of anilines is 1. The van der Waals surface area contributed by atoms with E-state index in [0.717, 1.165) is 6.42 Å². The SMILES string of the molecule is CCC(C)/C=C\N1c2ccccc2CCC(NC)C1C. The quantitative estimate of drug-likeness (QED) is 0.892. The third kappa shape index (κ3) is 3.24. The molecule has 3 unspecified atom stereocenters. The van der Waals surface area contributed by atoms with Gasteiger partial charge in [0.1, 0.15) is 0 Å². The Morgan fingerprint density at radius 1 is 1.40 bits per heavy atom. The third-order valence-electron chi connectivity index (χ3n) is 4.61. The summed E-state index contributed by atoms with van der Waals surface area (Å²) in [6, 6.07) is 9.83. The van der Waals surface area contributed by atoms with E-state index in [1.165, 1.54) is 24.1 Å². The van der Waals surface area contributed by atoms with Gasteiger partial charge >= 0.3 is 0 Å². The van der Waals surface area contributed by atoms with Gasteiger partial charge in [-0.2, -0.15) is 0 Å². The van der Waals surface area contributed by atoms with Gasteiger partial charge in [0.25, 0.3) is 0 Å². The van der Waals surface area contributed by atoms with Crippen molar-refractivity contribution in [1.82, 2.24) is 5.32 Å². The number of hydrogen-bond acceptors (Lipinski definition) is 2. The van der Waals surface area contributed by atoms with Crippen molar-refractivity contribution in [2.75, 3.05) is 11.9 Å². The van der Waals surface area contributed by atoms with Crippen molar-refractivity contribution in [1.29, 1.82) is 0 Å². The van der Waals surface area contributed by atoms with E-state index in [-0.39, 0.29) is 0 Å². The van der Waals surface area contributed by atoms with Gasteiger partial charge in [0.2, 0.25) is 0 Å². The summed E-state index contributed by atoms with van der Waals surface area (Å²) in [5.41, 5.74) is 2.84. The van der Waals surface area contributed by atoms with E-state index in [4.69, 9.17) is 0 Å². The zero-order valence-corrected chi connectivity index (χ0v) is 13.3. The number of fused-ring (bicyclic) bond motifs is 1. The maximum atomic E-state index is 3.48. The number of para-hydroxylation sites is 1. The molecule has 0 fully saturated rings. The molecular formula is C18H28N2. The molecule has 1 N–H and O–H groups in total. The number of aryl methyl sites for hydroxylation is 1. The van der Waals surface area contributed by atoms with Crippen LogP contribution >= 0.6 is 0 Å². The summed E-state index contributed by atoms with van der Waals surface area (Å²) in [6.45, 7) is 6.84. The summed E-state index contributed by atoms with van der Waals surface area (Å²) in [5, 5.41) is 3.48. The second-order valence-electron chi connectivity index (χ2n) is 5.94. The molecule has 1 heterocycles. The molecule has 1 aliphatic heterocycles. The van der Waals surface area contributed by atoms with E-state index >= 15 is 0 Å². The molecule has 2 nitrogen and oxygen atoms in total. The van der Waals surface area contributed by atoms with Crippen molar-refractivity contribution in [2.45, 2.75) is 52.1 Å². The Kier molecular flexibility index (Phi) is 5.24. The molecule has 2 heteroatoms. The van der Waals surface area contributed by atoms with Crippen LogP contribution in [0.15, 0.2) is 36.5 Å². The highest BCUT2D eigenvalue weighted by molar-refractivity contribution is 5.58. The molecule has 2 rings (SSSR count). The van der Waals surface area contributed by atoms with Crippen molar-refractivity contribution in [3.63, 3.8) is 0 Å². The van der Waals surface area contributed by atoms with Crippen molar-refractivity contribution in [3.8, 4) is 0 Å². The van der Waals surface area contributed by atoms with Crippen LogP contribution in [-0.2, 0) is 6.42 Å². The van der Waals surface area contributed by atoms with Gasteiger partial charge in [-0.3, -0.25) is 0 Å². The van der Waals surface area contributed by atoms with Gasteiger partial charge in [-0.1, -0.05) is 44.5 Å². The fraction of sp³-hybridized carbons (Fsp3) is 0.556. The van der Waals surface area contributed by atoms with Crippen LogP contribution in [-0.4, -0.2) is 19.1 Å². The minimum Gasteiger partial charge on any atom is -0.344 e. The molecule has 0 saturated heterocycles. The third-order valence-corrected chi connectivity index (χ3v) is 4.61. The lowest BCUT2D eigenvalue weighted by Gasteiger charge is -2.32. The summed E-state index contributed by atoms with van der Waals surface area (Å²) in [6.07, 6.45) is 8.18. The van der Waals surface area contributed by atoms with Crippen molar-refractivity contribution >= 4 is 5.69 Å². The highest BCUT2D eigenvalue weighted by Gasteiger charge is 2.26. The molecule has 110 valence electrons. The Hall–Kier alpha value is -1.28. The number of nitrogens with zero attached hydrogens (tertiary/aromatic N) is 1. The zero-order valence-electron chi connectivity index (χ0n) is 13.3. The first-order valence-electron chi connectivity index (χ1n) is 7.89. The molecule has 0 saturated carbocycles. The average molecular weight is 272 g/mol. The molecule has 0 radical (unpaired) electrons. The smallest absolute Gasteiger partial charge is 0.0461 e. The molecule has 3 atom stereocenters. The standard InChI is InChI=1S/C18H28N2/c1-5-14(2)12-13-20-15(3)17(19-4)11-10-16-8-6-7-9-18(16)20/h6-9,12-15,17,19H,5,10-11H2,1-4H3/b13-12-. The van der Waals surface area contributed by atoms with Gasteiger partial charge in [0, 0.05) is 24.0 Å². The summed E-state index contributed by atoms with van der Waals surface area (Å²) >= 11 is 0. The topological polar surface area (TPSA) is 15.3 Å². The number of hydrogen-bond donors (Lipinski definition) is 1. The maximum absolute atomic E-state index is 3.48. The van der Waals surface area contributed by atoms with Crippen LogP contribution in [0.5, 0.6) is 0 Å². The van der Waals surface area contributed by atoms with Crippen LogP contribution in [0.25, 0.3) is 0 Å². The average Bonchev–Trinajstić information content (AvgIpc) is 2.61. The highest BCUT2D eigenvalue weighted by atomic mass is 15.2. The first kappa shape index (κ1) is 15.1. The van der Waals surface area contributed by atoms with Gasteiger partial charge in [-0.05, 0) is 44.4 Å². The van der Waals surface area contributed by atoms with Crippen LogP contribution < -0.4 is 10.2 Å². The van der Waals surface area contributed by atoms with E-state index in [0.29, 0.717) is 18.0 Å². The summed E-state index contributed by atoms with van der Waals surface area (Å²) in [7, 11) is 2.08. The number of benzene rings is 1. The fourth-order valence-corrected chi connectivity index (χ4v) is 2.92. The van der Waals surface area contributed by atoms with Gasteiger partial charge in [0.15, 0.2) is 0 Å². The largest absolute Gasteiger partial charge is 0.344 e. The highest BCUT2D eigenvalue weighted by Crippen LogP contribution is 2.30. The summed E-state index contributed by atoms with van der Waals surface area (Å²) < 4.78 is 0. The van der Waals surface area contributed by atoms with Gasteiger partial charge in [0.05, 0.1) is 0 Å². The monoisotopic (exact) mass is 272 g/mol. The lowest BCUT2D eigenvalue weighted by atomic mass is 10.0. The Morgan fingerprint density at radius 3 is 2.85 bits per heavy atom. The van der Waals surface area contributed by atoms with Crippen LogP contribution in [0, 0.1) is 5.92 Å². The van der Waals surface area contributed by atoms with E-state index in [9.17, 15) is 0 Å². The predicted molar refractivity (Wildman–Crippen MR) is 88.1 cm³/mol. The first-order valence-corrected chi connectivity index (χ1v) is 7.89. The lowest BCUT2D eigenvalue weighted by molar-refractivity contribution is 0.457. The second kappa shape index (κ2) is 6.94. The second-order valence-corrected chi connectivity index (χ2v) is 5.94. The number of nitrogens with one attached hydrogen (secondary N) is 1. The van der Waals surface area contributed by atoms with E-state index in [2.05, 4.69) is 74.6 Å². The zero-order chi connectivity index (χ0) is 14.5. The normalized spacial score (nSPS) is 24.5. The molecule has 1 aromatic carbocycles. The van der Waals surface area contributed by atoms with Crippen LogP contribution in [0.3, 0.4) is 0 Å². The lowest BCUT2D eigenvalue weighted by Crippen LogP contribution is -2.44. The first-order chi connectivity index (χ1) is 9.67. The minimum atomic E-state index is 0.476. The molecule has 1 aromatic rings. The molecular weight excluding hydrogens is 244 g/mol. The Bertz CT molecular complexity index is 452. The van der Waals surface area contributed by atoms with Crippen molar-refractivity contribution in [2.24, 2.45) is 5.92 Å². The van der Waals surface area contributed by atoms with Gasteiger partial charge in [-0.15, -0.1) is 0 Å². The number of rotatable bonds is 4. The fourth-order valence-electron chi connectivity index (χ4n) is 2.92. The number of allylic oxidation sites excluding steroid dienone is 1. The summed E-state index contributed by atoms with van der Waals surface area (Å²) in [5.74, 6) is 0.630. The molecule has 0 spiro atoms. The Labute approximate surface area is 123 Å². The Balaban J connectivity index is 2.34. The molecule has 0 bridgehead atoms. The maximum Gasteiger partial charge on any atom is 0.0461 e. The van der Waals surface area contributed by atoms with E-state index in [1.807, 2.05) is 0 Å². The van der Waals surface area contributed by atoms with Gasteiger partial charge < -0.3 is 10.2 Å². The number of likely N-dealkylation sites (N-methyl/N-ethyl adjacent to an activating group) is 1.